The zero-order valence-corrected chi connectivity index (χ0v) is 14.4. The van der Waals surface area contributed by atoms with Gasteiger partial charge < -0.3 is 5.11 Å². The van der Waals surface area contributed by atoms with E-state index in [2.05, 4.69) is 20.8 Å². The molecule has 0 aliphatic heterocycles. The molecular formula is C14H31O2P2+. The van der Waals surface area contributed by atoms with Crippen LogP contribution in [0, 0.1) is 0 Å². The van der Waals surface area contributed by atoms with Crippen molar-refractivity contribution < 1.29 is 9.90 Å². The fourth-order valence-corrected chi connectivity index (χ4v) is 4.44. The van der Waals surface area contributed by atoms with Gasteiger partial charge in [0.25, 0.3) is 0 Å². The van der Waals surface area contributed by atoms with E-state index < -0.39 is 5.97 Å². The molecule has 0 bridgehead atoms. The van der Waals surface area contributed by atoms with E-state index in [-0.39, 0.29) is 0 Å². The van der Waals surface area contributed by atoms with Crippen LogP contribution in [0.1, 0.15) is 59.3 Å². The molecule has 2 nitrogen and oxygen atoms in total. The summed E-state index contributed by atoms with van der Waals surface area (Å²) in [5, 5.41) is 7.65. The summed E-state index contributed by atoms with van der Waals surface area (Å²) < 4.78 is 0. The van der Waals surface area contributed by atoms with E-state index in [1.54, 1.807) is 18.5 Å². The number of aliphatic carboxylic acids is 1. The number of carboxylic acid groups (broad SMARTS) is 1. The zero-order chi connectivity index (χ0) is 14.2. The lowest BCUT2D eigenvalue weighted by molar-refractivity contribution is -0.128. The lowest BCUT2D eigenvalue weighted by Crippen LogP contribution is -1.95. The van der Waals surface area contributed by atoms with E-state index in [4.69, 9.17) is 5.11 Å². The molecule has 4 heteroatoms. The number of hydrogen-bond donors (Lipinski definition) is 1. The van der Waals surface area contributed by atoms with Gasteiger partial charge in [0.15, 0.2) is 5.80 Å². The van der Waals surface area contributed by atoms with Crippen LogP contribution in [-0.4, -0.2) is 35.4 Å². The van der Waals surface area contributed by atoms with Gasteiger partial charge in [-0.2, -0.15) is 0 Å². The van der Waals surface area contributed by atoms with Crippen LogP contribution < -0.4 is 0 Å². The Morgan fingerprint density at radius 1 is 1.00 bits per heavy atom. The predicted octanol–water partition coefficient (Wildman–Crippen LogP) is 4.62. The van der Waals surface area contributed by atoms with Gasteiger partial charge in [-0.05, 0) is 37.7 Å². The normalized spacial score (nSPS) is 9.78. The van der Waals surface area contributed by atoms with Crippen LogP contribution in [0.15, 0.2) is 0 Å². The summed E-state index contributed by atoms with van der Waals surface area (Å²) in [5.74, 6) is 0.0926. The maximum Gasteiger partial charge on any atom is 0.370 e. The average Bonchev–Trinajstić information content (AvgIpc) is 2.38. The van der Waals surface area contributed by atoms with Crippen LogP contribution in [0.25, 0.3) is 0 Å². The van der Waals surface area contributed by atoms with E-state index in [9.17, 15) is 4.79 Å². The maximum absolute atomic E-state index is 9.29. The standard InChI is InChI=1S/C12H27P.C2H3O2P/c1-4-7-10-13(11-8-5-2)12-9-6-3;3-2(4)1-5/h4-12H2,1-3H3;1,5H,(H,3,4)/p+1. The second-order valence-electron chi connectivity index (χ2n) is 4.41. The minimum absolute atomic E-state index is 0.422. The van der Waals surface area contributed by atoms with Crippen molar-refractivity contribution in [2.24, 2.45) is 0 Å². The lowest BCUT2D eigenvalue weighted by atomic mass is 10.4. The molecule has 0 saturated carbocycles. The summed E-state index contributed by atoms with van der Waals surface area (Å²) in [5.41, 5.74) is 0. The Balaban J connectivity index is 0. The Kier molecular flexibility index (Phi) is 19.3. The molecule has 0 aromatic rings. The number of carbonyl (C=O) groups is 1. The lowest BCUT2D eigenvalue weighted by Gasteiger charge is -2.16. The van der Waals surface area contributed by atoms with Gasteiger partial charge in [-0.15, -0.1) is 7.92 Å². The molecule has 0 fully saturated rings. The first-order valence-electron chi connectivity index (χ1n) is 7.12. The second kappa shape index (κ2) is 17.1. The van der Waals surface area contributed by atoms with Gasteiger partial charge >= 0.3 is 5.97 Å². The van der Waals surface area contributed by atoms with Gasteiger partial charge in [-0.1, -0.05) is 40.0 Å². The van der Waals surface area contributed by atoms with Crippen molar-refractivity contribution in [3.05, 3.63) is 0 Å². The summed E-state index contributed by atoms with van der Waals surface area (Å²) in [6, 6.07) is 0. The maximum atomic E-state index is 9.29. The highest BCUT2D eigenvalue weighted by Gasteiger charge is 2.05. The quantitative estimate of drug-likeness (QED) is 0.597. The van der Waals surface area contributed by atoms with Crippen LogP contribution in [-0.2, 0) is 4.79 Å². The van der Waals surface area contributed by atoms with Crippen molar-refractivity contribution in [1.82, 2.24) is 0 Å². The van der Waals surface area contributed by atoms with Crippen LogP contribution in [0.5, 0.6) is 0 Å². The zero-order valence-electron chi connectivity index (χ0n) is 12.3. The van der Waals surface area contributed by atoms with Crippen molar-refractivity contribution >= 4 is 28.6 Å². The molecular weight excluding hydrogens is 262 g/mol. The average molecular weight is 293 g/mol. The number of hydrogen-bond acceptors (Lipinski definition) is 1. The fraction of sp³-hybridized carbons (Fsp3) is 0.857. The SMILES string of the molecule is CCCCP(CCCC)CCCC.O=C(O)C=[PH2+]. The van der Waals surface area contributed by atoms with Crippen molar-refractivity contribution in [3.63, 3.8) is 0 Å². The van der Waals surface area contributed by atoms with E-state index >= 15 is 0 Å². The molecule has 0 aromatic heterocycles. The third kappa shape index (κ3) is 18.4. The molecule has 0 saturated heterocycles. The first-order chi connectivity index (χ1) is 8.62. The summed E-state index contributed by atoms with van der Waals surface area (Å²) >= 11 is 0. The molecule has 1 N–H and O–H groups in total. The largest absolute Gasteiger partial charge is 0.475 e. The van der Waals surface area contributed by atoms with Gasteiger partial charge in [-0.25, -0.2) is 4.79 Å². The Labute approximate surface area is 117 Å². The van der Waals surface area contributed by atoms with Gasteiger partial charge in [0.05, 0.1) is 8.86 Å². The smallest absolute Gasteiger partial charge is 0.370 e. The van der Waals surface area contributed by atoms with Crippen LogP contribution in [0.3, 0.4) is 0 Å². The third-order valence-electron chi connectivity index (χ3n) is 2.63. The Bertz CT molecular complexity index is 177. The van der Waals surface area contributed by atoms with Gasteiger partial charge in [0.2, 0.25) is 0 Å². The Morgan fingerprint density at radius 2 is 1.28 bits per heavy atom. The summed E-state index contributed by atoms with van der Waals surface area (Å²) in [6.45, 7) is 6.94. The molecule has 0 spiro atoms. The van der Waals surface area contributed by atoms with Gasteiger partial charge in [0, 0.05) is 0 Å². The topological polar surface area (TPSA) is 37.3 Å². The molecule has 0 radical (unpaired) electrons. The van der Waals surface area contributed by atoms with Crippen molar-refractivity contribution in [1.29, 1.82) is 0 Å². The van der Waals surface area contributed by atoms with Crippen LogP contribution in [0.4, 0.5) is 0 Å². The van der Waals surface area contributed by atoms with Crippen molar-refractivity contribution in [3.8, 4) is 0 Å². The molecule has 18 heavy (non-hydrogen) atoms. The van der Waals surface area contributed by atoms with E-state index in [1.165, 1.54) is 38.5 Å². The van der Waals surface area contributed by atoms with Gasteiger partial charge in [-0.3, -0.25) is 0 Å². The Morgan fingerprint density at radius 3 is 1.44 bits per heavy atom. The van der Waals surface area contributed by atoms with E-state index in [1.807, 2.05) is 8.86 Å². The second-order valence-corrected chi connectivity index (χ2v) is 7.42. The highest BCUT2D eigenvalue weighted by molar-refractivity contribution is 7.57. The number of rotatable bonds is 10. The predicted molar refractivity (Wildman–Crippen MR) is 89.7 cm³/mol. The van der Waals surface area contributed by atoms with Crippen molar-refractivity contribution in [2.45, 2.75) is 59.3 Å². The monoisotopic (exact) mass is 293 g/mol. The molecule has 0 heterocycles. The molecule has 0 aliphatic rings. The Hall–Kier alpha value is 0.0700. The first-order valence-corrected chi connectivity index (χ1v) is 9.68. The first kappa shape index (κ1) is 20.4. The number of unbranched alkanes of at least 4 members (excludes halogenated alkanes) is 3. The summed E-state index contributed by atoms with van der Waals surface area (Å²) in [7, 11) is 2.39. The summed E-state index contributed by atoms with van der Waals surface area (Å²) in [6.07, 6.45) is 13.2. The van der Waals surface area contributed by atoms with E-state index in [0.29, 0.717) is 7.92 Å². The van der Waals surface area contributed by atoms with Gasteiger partial charge in [0.1, 0.15) is 0 Å². The number of carboxylic acids is 1. The summed E-state index contributed by atoms with van der Waals surface area (Å²) in [4.78, 5) is 9.29. The van der Waals surface area contributed by atoms with E-state index in [0.717, 1.165) is 5.80 Å². The van der Waals surface area contributed by atoms with Crippen LogP contribution in [0.2, 0.25) is 0 Å². The molecule has 1 atom stereocenters. The highest BCUT2D eigenvalue weighted by atomic mass is 31.1. The van der Waals surface area contributed by atoms with Crippen molar-refractivity contribution in [2.75, 3.05) is 18.5 Å². The molecule has 0 aliphatic carbocycles. The third-order valence-corrected chi connectivity index (χ3v) is 5.76. The van der Waals surface area contributed by atoms with Crippen LogP contribution >= 0.6 is 16.8 Å². The molecule has 0 aromatic carbocycles. The molecule has 0 amide bonds. The fourth-order valence-electron chi connectivity index (χ4n) is 1.48. The molecule has 0 rings (SSSR count). The molecule has 1 unspecified atom stereocenters. The minimum atomic E-state index is -0.907. The minimum Gasteiger partial charge on any atom is -0.475 e. The highest BCUT2D eigenvalue weighted by Crippen LogP contribution is 2.38. The molecule has 108 valence electrons.